The highest BCUT2D eigenvalue weighted by Crippen LogP contribution is 2.59. The summed E-state index contributed by atoms with van der Waals surface area (Å²) in [7, 11) is 0. The molecule has 1 spiro atoms. The first-order chi connectivity index (χ1) is 7.13. The van der Waals surface area contributed by atoms with Crippen LogP contribution in [-0.2, 0) is 19.1 Å². The van der Waals surface area contributed by atoms with E-state index in [9.17, 15) is 9.59 Å². The lowest BCUT2D eigenvalue weighted by Gasteiger charge is -2.23. The fourth-order valence-electron chi connectivity index (χ4n) is 3.28. The number of carbonyl (C=O) groups excluding carboxylic acids is 2. The van der Waals surface area contributed by atoms with E-state index in [1.807, 2.05) is 0 Å². The Morgan fingerprint density at radius 1 is 1.53 bits per heavy atom. The minimum absolute atomic E-state index is 0.0404. The quantitative estimate of drug-likeness (QED) is 0.497. The zero-order valence-electron chi connectivity index (χ0n) is 8.27. The standard InChI is InChI=1S/C11H12O4/c1-2-9(12)14-8-5-11-3-6(8)7(4-11)10(13)15-11/h2,6-8H,1,3-5H2/t6?,7?,8?,11-/m1/s1. The van der Waals surface area contributed by atoms with Gasteiger partial charge in [-0.1, -0.05) is 6.58 Å². The second-order valence-corrected chi connectivity index (χ2v) is 4.67. The molecular weight excluding hydrogens is 196 g/mol. The molecule has 3 bridgehead atoms. The molecule has 3 fully saturated rings. The molecule has 4 atom stereocenters. The van der Waals surface area contributed by atoms with Gasteiger partial charge in [0.25, 0.3) is 0 Å². The third-order valence-corrected chi connectivity index (χ3v) is 3.82. The van der Waals surface area contributed by atoms with E-state index in [1.54, 1.807) is 0 Å². The van der Waals surface area contributed by atoms with Gasteiger partial charge >= 0.3 is 11.9 Å². The molecule has 1 aliphatic heterocycles. The first-order valence-electron chi connectivity index (χ1n) is 5.19. The highest BCUT2D eigenvalue weighted by Gasteiger charge is 2.66. The fraction of sp³-hybridized carbons (Fsp3) is 0.636. The lowest BCUT2D eigenvalue weighted by molar-refractivity contribution is -0.155. The van der Waals surface area contributed by atoms with Gasteiger partial charge in [-0.05, 0) is 6.42 Å². The predicted octanol–water partition coefficient (Wildman–Crippen LogP) is 0.810. The van der Waals surface area contributed by atoms with E-state index >= 15 is 0 Å². The molecule has 4 heteroatoms. The van der Waals surface area contributed by atoms with E-state index in [1.165, 1.54) is 0 Å². The minimum Gasteiger partial charge on any atom is -0.459 e. The van der Waals surface area contributed by atoms with Crippen molar-refractivity contribution in [2.24, 2.45) is 11.8 Å². The topological polar surface area (TPSA) is 52.6 Å². The predicted molar refractivity (Wildman–Crippen MR) is 49.7 cm³/mol. The molecule has 0 radical (unpaired) electrons. The Hall–Kier alpha value is -1.32. The van der Waals surface area contributed by atoms with Crippen LogP contribution >= 0.6 is 0 Å². The molecule has 2 aliphatic carbocycles. The van der Waals surface area contributed by atoms with Gasteiger partial charge in [-0.25, -0.2) is 4.79 Å². The molecule has 2 saturated carbocycles. The molecular formula is C11H12O4. The number of hydrogen-bond donors (Lipinski definition) is 0. The SMILES string of the molecule is C=CC(=O)OC1C[C@@]23CC(C(=O)O2)C1C3. The van der Waals surface area contributed by atoms with Crippen LogP contribution < -0.4 is 0 Å². The fourth-order valence-corrected chi connectivity index (χ4v) is 3.28. The second kappa shape index (κ2) is 2.62. The van der Waals surface area contributed by atoms with Crippen molar-refractivity contribution in [2.75, 3.05) is 0 Å². The number of hydrogen-bond acceptors (Lipinski definition) is 4. The normalized spacial score (nSPS) is 45.3. The van der Waals surface area contributed by atoms with Crippen LogP contribution in [0.25, 0.3) is 0 Å². The van der Waals surface area contributed by atoms with E-state index in [0.717, 1.165) is 18.9 Å². The molecule has 3 rings (SSSR count). The highest BCUT2D eigenvalue weighted by atomic mass is 16.6. The van der Waals surface area contributed by atoms with Crippen molar-refractivity contribution in [3.05, 3.63) is 12.7 Å². The summed E-state index contributed by atoms with van der Waals surface area (Å²) >= 11 is 0. The molecule has 1 saturated heterocycles. The van der Waals surface area contributed by atoms with Crippen molar-refractivity contribution in [3.8, 4) is 0 Å². The Morgan fingerprint density at radius 3 is 3.00 bits per heavy atom. The van der Waals surface area contributed by atoms with Crippen molar-refractivity contribution >= 4 is 11.9 Å². The molecule has 0 aromatic heterocycles. The monoisotopic (exact) mass is 208 g/mol. The van der Waals surface area contributed by atoms with Crippen molar-refractivity contribution in [1.82, 2.24) is 0 Å². The zero-order chi connectivity index (χ0) is 10.6. The van der Waals surface area contributed by atoms with Crippen LogP contribution in [0.2, 0.25) is 0 Å². The third-order valence-electron chi connectivity index (χ3n) is 3.82. The lowest BCUT2D eigenvalue weighted by Crippen LogP contribution is -2.30. The van der Waals surface area contributed by atoms with Gasteiger partial charge < -0.3 is 9.47 Å². The van der Waals surface area contributed by atoms with Crippen LogP contribution in [0.5, 0.6) is 0 Å². The molecule has 0 aromatic carbocycles. The summed E-state index contributed by atoms with van der Waals surface area (Å²) in [6, 6.07) is 0. The van der Waals surface area contributed by atoms with Gasteiger partial charge in [0.1, 0.15) is 11.7 Å². The first-order valence-corrected chi connectivity index (χ1v) is 5.19. The van der Waals surface area contributed by atoms with Crippen LogP contribution in [-0.4, -0.2) is 23.6 Å². The number of carbonyl (C=O) groups is 2. The van der Waals surface area contributed by atoms with Crippen LogP contribution in [0.3, 0.4) is 0 Å². The van der Waals surface area contributed by atoms with E-state index < -0.39 is 5.97 Å². The van der Waals surface area contributed by atoms with Crippen LogP contribution in [0, 0.1) is 11.8 Å². The van der Waals surface area contributed by atoms with Gasteiger partial charge in [-0.15, -0.1) is 0 Å². The Morgan fingerprint density at radius 2 is 2.33 bits per heavy atom. The number of esters is 2. The molecule has 0 N–H and O–H groups in total. The van der Waals surface area contributed by atoms with E-state index in [2.05, 4.69) is 6.58 Å². The highest BCUT2D eigenvalue weighted by molar-refractivity contribution is 5.82. The van der Waals surface area contributed by atoms with Gasteiger partial charge in [-0.2, -0.15) is 0 Å². The van der Waals surface area contributed by atoms with Gasteiger partial charge in [0.2, 0.25) is 0 Å². The summed E-state index contributed by atoms with van der Waals surface area (Å²) in [5, 5.41) is 0. The number of fused-ring (bicyclic) bond motifs is 3. The maximum atomic E-state index is 11.4. The Balaban J connectivity index is 1.79. The molecule has 80 valence electrons. The summed E-state index contributed by atoms with van der Waals surface area (Å²) < 4.78 is 10.6. The molecule has 15 heavy (non-hydrogen) atoms. The Kier molecular flexibility index (Phi) is 1.56. The van der Waals surface area contributed by atoms with Gasteiger partial charge in [0.05, 0.1) is 5.92 Å². The lowest BCUT2D eigenvalue weighted by atomic mass is 9.88. The maximum absolute atomic E-state index is 11.4. The molecule has 3 unspecified atom stereocenters. The number of rotatable bonds is 2. The number of ether oxygens (including phenoxy) is 2. The maximum Gasteiger partial charge on any atom is 0.330 e. The van der Waals surface area contributed by atoms with Crippen molar-refractivity contribution in [1.29, 1.82) is 0 Å². The van der Waals surface area contributed by atoms with Gasteiger partial charge in [0.15, 0.2) is 0 Å². The molecule has 0 amide bonds. The summed E-state index contributed by atoms with van der Waals surface area (Å²) in [6.45, 7) is 3.36. The summed E-state index contributed by atoms with van der Waals surface area (Å²) in [4.78, 5) is 22.5. The Labute approximate surface area is 87.2 Å². The first kappa shape index (κ1) is 8.95. The van der Waals surface area contributed by atoms with Crippen LogP contribution in [0.4, 0.5) is 0 Å². The summed E-state index contributed by atoms with van der Waals surface area (Å²) in [5.74, 6) is -0.379. The average molecular weight is 208 g/mol. The summed E-state index contributed by atoms with van der Waals surface area (Å²) in [5.41, 5.74) is -0.307. The average Bonchev–Trinajstić information content (AvgIpc) is 2.78. The second-order valence-electron chi connectivity index (χ2n) is 4.67. The van der Waals surface area contributed by atoms with Crippen molar-refractivity contribution in [3.63, 3.8) is 0 Å². The zero-order valence-corrected chi connectivity index (χ0v) is 8.27. The molecule has 3 aliphatic rings. The van der Waals surface area contributed by atoms with E-state index in [0.29, 0.717) is 6.42 Å². The molecule has 4 nitrogen and oxygen atoms in total. The smallest absolute Gasteiger partial charge is 0.330 e. The molecule has 1 heterocycles. The molecule has 0 aromatic rings. The van der Waals surface area contributed by atoms with Gasteiger partial charge in [0, 0.05) is 24.8 Å². The van der Waals surface area contributed by atoms with Crippen molar-refractivity contribution < 1.29 is 19.1 Å². The largest absolute Gasteiger partial charge is 0.459 e. The third kappa shape index (κ3) is 1.07. The van der Waals surface area contributed by atoms with E-state index in [-0.39, 0.29) is 29.5 Å². The van der Waals surface area contributed by atoms with Crippen LogP contribution in [0.15, 0.2) is 12.7 Å². The Bertz CT molecular complexity index is 362. The van der Waals surface area contributed by atoms with Crippen molar-refractivity contribution in [2.45, 2.75) is 31.0 Å². The van der Waals surface area contributed by atoms with Crippen LogP contribution in [0.1, 0.15) is 19.3 Å². The summed E-state index contributed by atoms with van der Waals surface area (Å²) in [6.07, 6.45) is 3.35. The van der Waals surface area contributed by atoms with E-state index in [4.69, 9.17) is 9.47 Å². The minimum atomic E-state index is -0.407. The van der Waals surface area contributed by atoms with Gasteiger partial charge in [-0.3, -0.25) is 4.79 Å².